The number of rotatable bonds is 4. The van der Waals surface area contributed by atoms with Crippen LogP contribution < -0.4 is 0 Å². The second-order valence-corrected chi connectivity index (χ2v) is 5.03. The van der Waals surface area contributed by atoms with E-state index in [1.165, 1.54) is 0 Å². The zero-order valence-electron chi connectivity index (χ0n) is 12.5. The number of hydrogen-bond donors (Lipinski definition) is 2. The van der Waals surface area contributed by atoms with Crippen molar-refractivity contribution in [2.24, 2.45) is 10.2 Å². The zero-order valence-corrected chi connectivity index (χ0v) is 12.5. The summed E-state index contributed by atoms with van der Waals surface area (Å²) in [5, 5.41) is 25.2. The molecule has 0 aliphatic rings. The number of hydrogen-bond acceptors (Lipinski definition) is 4. The van der Waals surface area contributed by atoms with Gasteiger partial charge in [-0.1, -0.05) is 24.3 Å². The molecule has 116 valence electrons. The normalized spacial score (nSPS) is 11.3. The van der Waals surface area contributed by atoms with Crippen molar-refractivity contribution in [1.82, 2.24) is 14.8 Å². The summed E-state index contributed by atoms with van der Waals surface area (Å²) in [5.74, 6) is -0.629. The molecule has 0 spiro atoms. The van der Waals surface area contributed by atoms with Crippen LogP contribution in [0.5, 0.6) is 5.88 Å². The summed E-state index contributed by atoms with van der Waals surface area (Å²) in [6, 6.07) is 8.95. The van der Waals surface area contributed by atoms with Crippen molar-refractivity contribution in [1.29, 1.82) is 0 Å². The van der Waals surface area contributed by atoms with Gasteiger partial charge in [0.25, 0.3) is 0 Å². The second kappa shape index (κ2) is 5.88. The van der Waals surface area contributed by atoms with Crippen LogP contribution in [0, 0.1) is 6.92 Å². The number of azo groups is 1. The lowest BCUT2D eigenvalue weighted by Gasteiger charge is -2.01. The van der Waals surface area contributed by atoms with Crippen molar-refractivity contribution >= 4 is 22.5 Å². The number of aromatic amines is 1. The molecule has 7 heteroatoms. The molecule has 3 aromatic rings. The Morgan fingerprint density at radius 2 is 2.26 bits per heavy atom. The number of carbonyl (C=O) groups is 1. The first-order valence-corrected chi connectivity index (χ1v) is 7.01. The van der Waals surface area contributed by atoms with Crippen molar-refractivity contribution < 1.29 is 9.90 Å². The highest BCUT2D eigenvalue weighted by Crippen LogP contribution is 2.38. The average Bonchev–Trinajstić information content (AvgIpc) is 3.09. The molecule has 0 radical (unpaired) electrons. The minimum atomic E-state index is -0.575. The number of fused-ring (bicyclic) bond motifs is 1. The highest BCUT2D eigenvalue weighted by Gasteiger charge is 2.16. The second-order valence-electron chi connectivity index (χ2n) is 5.03. The molecule has 2 heterocycles. The van der Waals surface area contributed by atoms with Crippen molar-refractivity contribution in [2.45, 2.75) is 13.5 Å². The zero-order chi connectivity index (χ0) is 16.4. The van der Waals surface area contributed by atoms with Gasteiger partial charge in [-0.2, -0.15) is 5.10 Å². The molecule has 0 atom stereocenters. The number of benzene rings is 1. The summed E-state index contributed by atoms with van der Waals surface area (Å²) in [4.78, 5) is 12.0. The van der Waals surface area contributed by atoms with Gasteiger partial charge in [-0.25, -0.2) is 0 Å². The number of aromatic nitrogens is 3. The molecular formula is C16H15N5O2. The molecule has 2 aromatic heterocycles. The minimum absolute atomic E-state index is 0.0548. The standard InChI is InChI=1S/C16H15N5O2/c1-3-8-21-13-7-5-4-6-11(13)14(16(21)23)19-20-15(22)12-9-10(2)17-18-12/h3-7,9,23H,1,8H2,2H3,(H,17,18). The molecule has 0 aliphatic carbocycles. The van der Waals surface area contributed by atoms with Crippen LogP contribution in [0.2, 0.25) is 0 Å². The Morgan fingerprint density at radius 3 is 2.96 bits per heavy atom. The first-order chi connectivity index (χ1) is 11.1. The van der Waals surface area contributed by atoms with Crippen molar-refractivity contribution in [3.63, 3.8) is 0 Å². The quantitative estimate of drug-likeness (QED) is 0.570. The lowest BCUT2D eigenvalue weighted by atomic mass is 10.2. The van der Waals surface area contributed by atoms with Gasteiger partial charge in [-0.05, 0) is 19.1 Å². The van der Waals surface area contributed by atoms with Gasteiger partial charge < -0.3 is 9.67 Å². The van der Waals surface area contributed by atoms with Gasteiger partial charge in [0.1, 0.15) is 0 Å². The van der Waals surface area contributed by atoms with Gasteiger partial charge in [0.05, 0.1) is 5.52 Å². The van der Waals surface area contributed by atoms with Gasteiger partial charge in [-0.15, -0.1) is 16.8 Å². The summed E-state index contributed by atoms with van der Waals surface area (Å²) < 4.78 is 1.65. The molecule has 2 N–H and O–H groups in total. The van der Waals surface area contributed by atoms with Gasteiger partial charge in [0.15, 0.2) is 11.4 Å². The Kier molecular flexibility index (Phi) is 3.76. The smallest absolute Gasteiger partial charge is 0.315 e. The Labute approximate surface area is 132 Å². The number of H-pyrrole nitrogens is 1. The van der Waals surface area contributed by atoms with Crippen LogP contribution in [-0.2, 0) is 6.54 Å². The van der Waals surface area contributed by atoms with E-state index in [0.29, 0.717) is 11.9 Å². The van der Waals surface area contributed by atoms with Crippen molar-refractivity contribution in [2.75, 3.05) is 0 Å². The van der Waals surface area contributed by atoms with Gasteiger partial charge >= 0.3 is 5.91 Å². The topological polar surface area (TPSA) is 95.6 Å². The number of aromatic hydroxyl groups is 1. The Balaban J connectivity index is 2.02. The fraction of sp³-hybridized carbons (Fsp3) is 0.125. The first kappa shape index (κ1) is 14.7. The Morgan fingerprint density at radius 1 is 1.48 bits per heavy atom. The van der Waals surface area contributed by atoms with Crippen LogP contribution in [-0.4, -0.2) is 25.8 Å². The third-order valence-corrected chi connectivity index (χ3v) is 3.39. The Hall–Kier alpha value is -3.22. The first-order valence-electron chi connectivity index (χ1n) is 7.01. The molecule has 0 bridgehead atoms. The molecule has 0 saturated heterocycles. The molecule has 23 heavy (non-hydrogen) atoms. The fourth-order valence-corrected chi connectivity index (χ4v) is 2.36. The summed E-state index contributed by atoms with van der Waals surface area (Å²) in [6.45, 7) is 5.89. The largest absolute Gasteiger partial charge is 0.493 e. The number of aryl methyl sites for hydroxylation is 1. The van der Waals surface area contributed by atoms with E-state index in [9.17, 15) is 9.90 Å². The van der Waals surface area contributed by atoms with E-state index >= 15 is 0 Å². The maximum Gasteiger partial charge on any atom is 0.315 e. The molecule has 0 saturated carbocycles. The number of amides is 1. The van der Waals surface area contributed by atoms with Gasteiger partial charge in [0.2, 0.25) is 5.88 Å². The lowest BCUT2D eigenvalue weighted by molar-refractivity contribution is 0.0990. The number of allylic oxidation sites excluding steroid dienone is 1. The molecule has 0 aliphatic heterocycles. The van der Waals surface area contributed by atoms with Crippen LogP contribution in [0.25, 0.3) is 10.9 Å². The van der Waals surface area contributed by atoms with Gasteiger partial charge in [0, 0.05) is 17.6 Å². The summed E-state index contributed by atoms with van der Waals surface area (Å²) in [5.41, 5.74) is 1.99. The number of nitrogens with zero attached hydrogens (tertiary/aromatic N) is 4. The molecule has 3 rings (SSSR count). The van der Waals surface area contributed by atoms with E-state index in [0.717, 1.165) is 11.2 Å². The van der Waals surface area contributed by atoms with E-state index in [-0.39, 0.29) is 17.3 Å². The summed E-state index contributed by atoms with van der Waals surface area (Å²) in [6.07, 6.45) is 1.67. The third kappa shape index (κ3) is 2.64. The van der Waals surface area contributed by atoms with E-state index < -0.39 is 5.91 Å². The van der Waals surface area contributed by atoms with E-state index in [1.54, 1.807) is 23.6 Å². The third-order valence-electron chi connectivity index (χ3n) is 3.39. The lowest BCUT2D eigenvalue weighted by Crippen LogP contribution is -1.94. The maximum atomic E-state index is 12.0. The van der Waals surface area contributed by atoms with E-state index in [4.69, 9.17) is 0 Å². The highest BCUT2D eigenvalue weighted by atomic mass is 16.3. The number of nitrogens with one attached hydrogen (secondary N) is 1. The SMILES string of the molecule is C=CCn1c(O)c(N=NC(=O)c2cc(C)[nH]n2)c2ccccc21. The number of para-hydroxylation sites is 1. The predicted molar refractivity (Wildman–Crippen MR) is 86.0 cm³/mol. The van der Waals surface area contributed by atoms with Crippen LogP contribution in [0.1, 0.15) is 16.2 Å². The summed E-state index contributed by atoms with van der Waals surface area (Å²) in [7, 11) is 0. The summed E-state index contributed by atoms with van der Waals surface area (Å²) >= 11 is 0. The highest BCUT2D eigenvalue weighted by molar-refractivity contribution is 5.96. The fourth-order valence-electron chi connectivity index (χ4n) is 2.36. The van der Waals surface area contributed by atoms with Crippen molar-refractivity contribution in [3.05, 3.63) is 54.4 Å². The van der Waals surface area contributed by atoms with Crippen LogP contribution in [0.4, 0.5) is 5.69 Å². The molecule has 1 aromatic carbocycles. The number of carbonyl (C=O) groups excluding carboxylic acids is 1. The van der Waals surface area contributed by atoms with Crippen LogP contribution in [0.15, 0.2) is 53.2 Å². The van der Waals surface area contributed by atoms with Crippen LogP contribution in [0.3, 0.4) is 0 Å². The molecule has 1 amide bonds. The van der Waals surface area contributed by atoms with E-state index in [1.807, 2.05) is 24.3 Å². The van der Waals surface area contributed by atoms with Crippen LogP contribution >= 0.6 is 0 Å². The molecular weight excluding hydrogens is 294 g/mol. The van der Waals surface area contributed by atoms with E-state index in [2.05, 4.69) is 27.0 Å². The minimum Gasteiger partial charge on any atom is -0.493 e. The molecule has 0 fully saturated rings. The monoisotopic (exact) mass is 309 g/mol. The predicted octanol–water partition coefficient (Wildman–Crippen LogP) is 3.49. The molecule has 7 nitrogen and oxygen atoms in total. The van der Waals surface area contributed by atoms with Gasteiger partial charge in [-0.3, -0.25) is 9.89 Å². The average molecular weight is 309 g/mol. The maximum absolute atomic E-state index is 12.0. The Bertz CT molecular complexity index is 920. The van der Waals surface area contributed by atoms with Crippen molar-refractivity contribution in [3.8, 4) is 5.88 Å². The molecule has 0 unspecified atom stereocenters.